The van der Waals surface area contributed by atoms with Crippen LogP contribution < -0.4 is 5.32 Å². The maximum Gasteiger partial charge on any atom is 0.270 e. The largest absolute Gasteiger partial charge is 0.301 e. The molecule has 1 atom stereocenters. The van der Waals surface area contributed by atoms with Crippen molar-refractivity contribution in [1.29, 1.82) is 0 Å². The second kappa shape index (κ2) is 8.32. The van der Waals surface area contributed by atoms with E-state index in [9.17, 15) is 14.9 Å². The zero-order chi connectivity index (χ0) is 19.4. The fourth-order valence-electron chi connectivity index (χ4n) is 2.32. The van der Waals surface area contributed by atoms with Crippen molar-refractivity contribution >= 4 is 39.8 Å². The first-order chi connectivity index (χ1) is 12.9. The molecule has 6 nitrogen and oxygen atoms in total. The van der Waals surface area contributed by atoms with Crippen molar-refractivity contribution in [3.8, 4) is 11.3 Å². The van der Waals surface area contributed by atoms with E-state index < -0.39 is 4.92 Å². The van der Waals surface area contributed by atoms with Crippen LogP contribution in [0.15, 0.2) is 58.8 Å². The molecule has 0 aliphatic heterocycles. The lowest BCUT2D eigenvalue weighted by atomic mass is 10.1. The Morgan fingerprint density at radius 3 is 2.70 bits per heavy atom. The molecule has 2 aromatic carbocycles. The SMILES string of the molecule is Cc1ccc(SC(C)C(=O)Nc2nc(-c3cccc([N+](=O)[O-])c3)cs2)cc1. The summed E-state index contributed by atoms with van der Waals surface area (Å²) in [5, 5.41) is 15.7. The maximum atomic E-state index is 12.4. The average Bonchev–Trinajstić information content (AvgIpc) is 3.12. The molecule has 3 aromatic rings. The van der Waals surface area contributed by atoms with Crippen molar-refractivity contribution in [3.05, 3.63) is 69.6 Å². The van der Waals surface area contributed by atoms with Gasteiger partial charge in [-0.2, -0.15) is 0 Å². The standard InChI is InChI=1S/C19H17N3O3S2/c1-12-6-8-16(9-7-12)27-13(2)18(23)21-19-20-17(11-26-19)14-4-3-5-15(10-14)22(24)25/h3-11,13H,1-2H3,(H,20,21,23). The number of nitro groups is 1. The second-order valence-electron chi connectivity index (χ2n) is 5.91. The fourth-order valence-corrected chi connectivity index (χ4v) is 3.91. The van der Waals surface area contributed by atoms with Gasteiger partial charge in [-0.05, 0) is 26.0 Å². The molecule has 0 radical (unpaired) electrons. The van der Waals surface area contributed by atoms with E-state index in [0.717, 1.165) is 4.90 Å². The summed E-state index contributed by atoms with van der Waals surface area (Å²) in [7, 11) is 0. The Hall–Kier alpha value is -2.71. The third-order valence-corrected chi connectivity index (χ3v) is 5.66. The van der Waals surface area contributed by atoms with Crippen LogP contribution >= 0.6 is 23.1 Å². The highest BCUT2D eigenvalue weighted by Crippen LogP contribution is 2.29. The minimum Gasteiger partial charge on any atom is -0.301 e. The summed E-state index contributed by atoms with van der Waals surface area (Å²) >= 11 is 2.77. The Balaban J connectivity index is 1.66. The van der Waals surface area contributed by atoms with Crippen LogP contribution in [0.3, 0.4) is 0 Å². The lowest BCUT2D eigenvalue weighted by Gasteiger charge is -2.10. The molecule has 1 heterocycles. The number of rotatable bonds is 6. The second-order valence-corrected chi connectivity index (χ2v) is 8.18. The van der Waals surface area contributed by atoms with Crippen LogP contribution in [0.5, 0.6) is 0 Å². The summed E-state index contributed by atoms with van der Waals surface area (Å²) in [5.41, 5.74) is 2.42. The Labute approximate surface area is 164 Å². The van der Waals surface area contributed by atoms with Crippen LogP contribution in [0.1, 0.15) is 12.5 Å². The van der Waals surface area contributed by atoms with E-state index in [4.69, 9.17) is 0 Å². The predicted octanol–water partition coefficient (Wildman–Crippen LogP) is 5.15. The number of nitro benzene ring substituents is 1. The number of nitrogens with one attached hydrogen (secondary N) is 1. The highest BCUT2D eigenvalue weighted by atomic mass is 32.2. The van der Waals surface area contributed by atoms with E-state index in [2.05, 4.69) is 10.3 Å². The van der Waals surface area contributed by atoms with Gasteiger partial charge in [0.1, 0.15) is 0 Å². The molecule has 0 aliphatic carbocycles. The lowest BCUT2D eigenvalue weighted by molar-refractivity contribution is -0.384. The third kappa shape index (κ3) is 4.93. The number of non-ortho nitro benzene ring substituents is 1. The van der Waals surface area contributed by atoms with E-state index >= 15 is 0 Å². The van der Waals surface area contributed by atoms with Gasteiger partial charge in [-0.15, -0.1) is 23.1 Å². The van der Waals surface area contributed by atoms with Gasteiger partial charge in [-0.3, -0.25) is 14.9 Å². The molecule has 0 saturated heterocycles. The maximum absolute atomic E-state index is 12.4. The molecule has 1 amide bonds. The number of aryl methyl sites for hydroxylation is 1. The Morgan fingerprint density at radius 1 is 1.26 bits per heavy atom. The molecule has 1 N–H and O–H groups in total. The van der Waals surface area contributed by atoms with Gasteiger partial charge in [-0.25, -0.2) is 4.98 Å². The van der Waals surface area contributed by atoms with Crippen LogP contribution in [-0.2, 0) is 4.79 Å². The van der Waals surface area contributed by atoms with E-state index in [1.165, 1.54) is 40.8 Å². The summed E-state index contributed by atoms with van der Waals surface area (Å²) in [5.74, 6) is -0.138. The molecule has 27 heavy (non-hydrogen) atoms. The Morgan fingerprint density at radius 2 is 2.00 bits per heavy atom. The van der Waals surface area contributed by atoms with Crippen LogP contribution in [-0.4, -0.2) is 21.1 Å². The van der Waals surface area contributed by atoms with E-state index in [1.807, 2.05) is 38.1 Å². The van der Waals surface area contributed by atoms with Gasteiger partial charge in [0.15, 0.2) is 5.13 Å². The lowest BCUT2D eigenvalue weighted by Crippen LogP contribution is -2.22. The first-order valence-corrected chi connectivity index (χ1v) is 9.93. The smallest absolute Gasteiger partial charge is 0.270 e. The van der Waals surface area contributed by atoms with Crippen LogP contribution in [0.25, 0.3) is 11.3 Å². The molecule has 0 aliphatic rings. The van der Waals surface area contributed by atoms with Gasteiger partial charge >= 0.3 is 0 Å². The van der Waals surface area contributed by atoms with Crippen molar-refractivity contribution < 1.29 is 9.72 Å². The molecule has 3 rings (SSSR count). The van der Waals surface area contributed by atoms with Gasteiger partial charge in [-0.1, -0.05) is 29.8 Å². The number of aromatic nitrogens is 1. The number of hydrogen-bond acceptors (Lipinski definition) is 6. The number of benzene rings is 2. The van der Waals surface area contributed by atoms with E-state index in [-0.39, 0.29) is 16.8 Å². The van der Waals surface area contributed by atoms with Gasteiger partial charge in [0.05, 0.1) is 15.9 Å². The number of carbonyl (C=O) groups is 1. The van der Waals surface area contributed by atoms with Crippen LogP contribution in [0.4, 0.5) is 10.8 Å². The molecule has 0 bridgehead atoms. The Kier molecular flexibility index (Phi) is 5.88. The zero-order valence-corrected chi connectivity index (χ0v) is 16.3. The monoisotopic (exact) mass is 399 g/mol. The minimum absolute atomic E-state index is 0.00852. The molecule has 1 unspecified atom stereocenters. The number of thioether (sulfide) groups is 1. The van der Waals surface area contributed by atoms with Gasteiger partial charge in [0.25, 0.3) is 5.69 Å². The number of nitrogens with zero attached hydrogens (tertiary/aromatic N) is 2. The van der Waals surface area contributed by atoms with Crippen molar-refractivity contribution in [2.24, 2.45) is 0 Å². The highest BCUT2D eigenvalue weighted by Gasteiger charge is 2.17. The number of anilines is 1. The minimum atomic E-state index is -0.442. The fraction of sp³-hybridized carbons (Fsp3) is 0.158. The van der Waals surface area contributed by atoms with Crippen LogP contribution in [0, 0.1) is 17.0 Å². The molecular formula is C19H17N3O3S2. The summed E-state index contributed by atoms with van der Waals surface area (Å²) in [6.07, 6.45) is 0. The average molecular weight is 399 g/mol. The van der Waals surface area contributed by atoms with Crippen molar-refractivity contribution in [2.45, 2.75) is 24.0 Å². The molecule has 138 valence electrons. The van der Waals surface area contributed by atoms with Gasteiger partial charge in [0, 0.05) is 28.0 Å². The topological polar surface area (TPSA) is 85.1 Å². The normalized spacial score (nSPS) is 11.8. The molecule has 0 spiro atoms. The highest BCUT2D eigenvalue weighted by molar-refractivity contribution is 8.00. The summed E-state index contributed by atoms with van der Waals surface area (Å²) in [6, 6.07) is 14.3. The first-order valence-electron chi connectivity index (χ1n) is 8.17. The van der Waals surface area contributed by atoms with Gasteiger partial charge < -0.3 is 5.32 Å². The summed E-state index contributed by atoms with van der Waals surface area (Å²) < 4.78 is 0. The summed E-state index contributed by atoms with van der Waals surface area (Å²) in [6.45, 7) is 3.86. The molecule has 8 heteroatoms. The molecular weight excluding hydrogens is 382 g/mol. The third-order valence-electron chi connectivity index (χ3n) is 3.79. The number of hydrogen-bond donors (Lipinski definition) is 1. The zero-order valence-electron chi connectivity index (χ0n) is 14.7. The van der Waals surface area contributed by atoms with Crippen molar-refractivity contribution in [1.82, 2.24) is 4.98 Å². The predicted molar refractivity (Wildman–Crippen MR) is 109 cm³/mol. The van der Waals surface area contributed by atoms with E-state index in [0.29, 0.717) is 16.4 Å². The molecule has 0 fully saturated rings. The quantitative estimate of drug-likeness (QED) is 0.352. The van der Waals surface area contributed by atoms with Crippen molar-refractivity contribution in [3.63, 3.8) is 0 Å². The molecule has 0 saturated carbocycles. The summed E-state index contributed by atoms with van der Waals surface area (Å²) in [4.78, 5) is 28.3. The van der Waals surface area contributed by atoms with Crippen LogP contribution in [0.2, 0.25) is 0 Å². The Bertz CT molecular complexity index is 970. The molecule has 1 aromatic heterocycles. The number of amides is 1. The number of carbonyl (C=O) groups excluding carboxylic acids is 1. The van der Waals surface area contributed by atoms with E-state index in [1.54, 1.807) is 17.5 Å². The van der Waals surface area contributed by atoms with Gasteiger partial charge in [0.2, 0.25) is 5.91 Å². The van der Waals surface area contributed by atoms with Crippen molar-refractivity contribution in [2.75, 3.05) is 5.32 Å². The first kappa shape index (κ1) is 19.1. The number of thiazole rings is 1.